The summed E-state index contributed by atoms with van der Waals surface area (Å²) in [5.74, 6) is 0.569. The summed E-state index contributed by atoms with van der Waals surface area (Å²) in [6.45, 7) is 3.92. The second kappa shape index (κ2) is 12.8. The van der Waals surface area contributed by atoms with Crippen molar-refractivity contribution in [2.45, 2.75) is 50.7 Å². The summed E-state index contributed by atoms with van der Waals surface area (Å²) in [4.78, 5) is 17.1. The summed E-state index contributed by atoms with van der Waals surface area (Å²) < 4.78 is 7.38. The fourth-order valence-electron chi connectivity index (χ4n) is 4.12. The largest absolute Gasteiger partial charge is 0.475 e. The van der Waals surface area contributed by atoms with Crippen molar-refractivity contribution in [3.05, 3.63) is 90.4 Å². The normalized spacial score (nSPS) is 13.2. The van der Waals surface area contributed by atoms with Gasteiger partial charge in [-0.05, 0) is 59.2 Å². The average Bonchev–Trinajstić information content (AvgIpc) is 3.40. The van der Waals surface area contributed by atoms with Crippen LogP contribution < -0.4 is 15.8 Å². The van der Waals surface area contributed by atoms with Crippen LogP contribution in [-0.2, 0) is 11.2 Å². The van der Waals surface area contributed by atoms with Crippen LogP contribution in [0.2, 0.25) is 0 Å². The Balaban J connectivity index is 1.61. The summed E-state index contributed by atoms with van der Waals surface area (Å²) in [6.07, 6.45) is 5.95. The molecule has 0 aliphatic heterocycles. The fraction of sp³-hybridized carbons (Fsp3) is 0.310. The van der Waals surface area contributed by atoms with Crippen molar-refractivity contribution in [2.24, 2.45) is 5.73 Å². The molecule has 2 atom stereocenters. The predicted molar refractivity (Wildman–Crippen MR) is 147 cm³/mol. The highest BCUT2D eigenvalue weighted by molar-refractivity contribution is 5.87. The Bertz CT molecular complexity index is 1450. The summed E-state index contributed by atoms with van der Waals surface area (Å²) in [5, 5.41) is 27.1. The molecule has 10 nitrogen and oxygen atoms in total. The van der Waals surface area contributed by atoms with Crippen molar-refractivity contribution in [2.75, 3.05) is 6.61 Å². The molecule has 0 radical (unpaired) electrons. The van der Waals surface area contributed by atoms with E-state index in [9.17, 15) is 10.1 Å². The van der Waals surface area contributed by atoms with E-state index in [0.717, 1.165) is 16.3 Å². The van der Waals surface area contributed by atoms with E-state index in [1.165, 1.54) is 6.08 Å². The molecule has 3 N–H and O–H groups in total. The molecule has 0 aliphatic rings. The summed E-state index contributed by atoms with van der Waals surface area (Å²) in [7, 11) is 0. The summed E-state index contributed by atoms with van der Waals surface area (Å²) >= 11 is 0. The molecule has 0 spiro atoms. The van der Waals surface area contributed by atoms with Gasteiger partial charge in [0.1, 0.15) is 12.6 Å². The lowest BCUT2D eigenvalue weighted by atomic mass is 10.0. The van der Waals surface area contributed by atoms with Crippen molar-refractivity contribution in [3.63, 3.8) is 0 Å². The lowest BCUT2D eigenvalue weighted by Crippen LogP contribution is -2.33. The number of hydrogen-bond donors (Lipinski definition) is 2. The molecule has 2 aromatic heterocycles. The highest BCUT2D eigenvalue weighted by Gasteiger charge is 2.26. The second-order valence-electron chi connectivity index (χ2n) is 10.0. The van der Waals surface area contributed by atoms with Crippen molar-refractivity contribution >= 4 is 16.7 Å². The highest BCUT2D eigenvalue weighted by Crippen LogP contribution is 2.24. The molecular formula is C29H32N8O2. The van der Waals surface area contributed by atoms with Gasteiger partial charge in [-0.25, -0.2) is 9.67 Å². The van der Waals surface area contributed by atoms with Crippen molar-refractivity contribution < 1.29 is 9.53 Å². The summed E-state index contributed by atoms with van der Waals surface area (Å²) in [6, 6.07) is 20.7. The first-order chi connectivity index (χ1) is 18.8. The number of nitrogens with zero attached hydrogens (tertiary/aromatic N) is 6. The number of carbonyl (C=O) groups excluding carboxylic acids is 1. The molecule has 0 aliphatic carbocycles. The van der Waals surface area contributed by atoms with E-state index in [1.54, 1.807) is 29.1 Å². The first-order valence-electron chi connectivity index (χ1n) is 12.7. The maximum atomic E-state index is 13.0. The second-order valence-corrected chi connectivity index (χ2v) is 10.0. The molecule has 0 bridgehead atoms. The molecular weight excluding hydrogens is 492 g/mol. The minimum atomic E-state index is -0.569. The van der Waals surface area contributed by atoms with Gasteiger partial charge in [0.05, 0.1) is 18.5 Å². The number of rotatable bonds is 12. The van der Waals surface area contributed by atoms with E-state index in [0.29, 0.717) is 24.5 Å². The Kier molecular flexibility index (Phi) is 8.97. The first-order valence-corrected chi connectivity index (χ1v) is 12.7. The molecule has 0 fully saturated rings. The van der Waals surface area contributed by atoms with Gasteiger partial charge in [0.15, 0.2) is 5.82 Å². The zero-order valence-corrected chi connectivity index (χ0v) is 22.1. The SMILES string of the molecule is CC(C)(N)C/C=C/C(=O)N[C@H](Cc1ccc2ccccc2c1)c1nnnn1[C@H](CC#N)COc1ccccn1. The number of ether oxygens (including phenoxy) is 1. The van der Waals surface area contributed by atoms with Gasteiger partial charge in [0.25, 0.3) is 0 Å². The first kappa shape index (κ1) is 27.4. The predicted octanol–water partition coefficient (Wildman–Crippen LogP) is 3.84. The number of amides is 1. The monoisotopic (exact) mass is 524 g/mol. The topological polar surface area (TPSA) is 145 Å². The Labute approximate surface area is 227 Å². The quantitative estimate of drug-likeness (QED) is 0.266. The number of fused-ring (bicyclic) bond motifs is 1. The van der Waals surface area contributed by atoms with E-state index in [2.05, 4.69) is 50.1 Å². The van der Waals surface area contributed by atoms with Crippen LogP contribution in [0.4, 0.5) is 0 Å². The summed E-state index contributed by atoms with van der Waals surface area (Å²) in [5.41, 5.74) is 6.62. The van der Waals surface area contributed by atoms with Gasteiger partial charge < -0.3 is 15.8 Å². The maximum absolute atomic E-state index is 13.0. The van der Waals surface area contributed by atoms with Gasteiger partial charge in [-0.1, -0.05) is 54.6 Å². The third kappa shape index (κ3) is 7.93. The molecule has 39 heavy (non-hydrogen) atoms. The van der Waals surface area contributed by atoms with Crippen molar-refractivity contribution in [1.82, 2.24) is 30.5 Å². The van der Waals surface area contributed by atoms with Crippen LogP contribution >= 0.6 is 0 Å². The van der Waals surface area contributed by atoms with E-state index < -0.39 is 17.6 Å². The Morgan fingerprint density at radius 2 is 1.97 bits per heavy atom. The van der Waals surface area contributed by atoms with Gasteiger partial charge in [-0.3, -0.25) is 4.79 Å². The number of tetrazole rings is 1. The Morgan fingerprint density at radius 3 is 2.72 bits per heavy atom. The number of hydrogen-bond acceptors (Lipinski definition) is 8. The van der Waals surface area contributed by atoms with Crippen molar-refractivity contribution in [1.29, 1.82) is 5.26 Å². The number of nitrogens with one attached hydrogen (secondary N) is 1. The van der Waals surface area contributed by atoms with Crippen LogP contribution in [0.1, 0.15) is 50.2 Å². The smallest absolute Gasteiger partial charge is 0.244 e. The molecule has 4 aromatic rings. The molecule has 2 heterocycles. The molecule has 200 valence electrons. The zero-order chi connectivity index (χ0) is 27.7. The molecule has 0 unspecified atom stereocenters. The van der Waals surface area contributed by atoms with Gasteiger partial charge in [-0.15, -0.1) is 5.10 Å². The van der Waals surface area contributed by atoms with E-state index >= 15 is 0 Å². The van der Waals surface area contributed by atoms with Gasteiger partial charge in [0, 0.05) is 24.2 Å². The molecule has 0 saturated carbocycles. The zero-order valence-electron chi connectivity index (χ0n) is 22.1. The molecule has 2 aromatic carbocycles. The standard InChI is InChI=1S/C29H32N8O2/c1-29(2,31)15-7-10-26(38)33-25(19-21-12-13-22-8-3-4-9-23(22)18-21)28-34-35-36-37(28)24(14-16-30)20-39-27-11-5-6-17-32-27/h3-13,17-18,24-25H,14-15,19-20,31H2,1-2H3,(H,33,38)/b10-7+/t24-,25-/m1/s1. The Morgan fingerprint density at radius 1 is 1.18 bits per heavy atom. The fourth-order valence-corrected chi connectivity index (χ4v) is 4.12. The molecule has 0 saturated heterocycles. The molecule has 1 amide bonds. The molecule has 4 rings (SSSR count). The van der Waals surface area contributed by atoms with Crippen LogP contribution in [0.3, 0.4) is 0 Å². The number of nitrogens with two attached hydrogens (primary N) is 1. The lowest BCUT2D eigenvalue weighted by Gasteiger charge is -2.21. The van der Waals surface area contributed by atoms with Crippen LogP contribution in [0, 0.1) is 11.3 Å². The van der Waals surface area contributed by atoms with Gasteiger partial charge in [-0.2, -0.15) is 5.26 Å². The lowest BCUT2D eigenvalue weighted by molar-refractivity contribution is -0.117. The van der Waals surface area contributed by atoms with Gasteiger partial charge in [0.2, 0.25) is 11.8 Å². The number of benzene rings is 2. The third-order valence-electron chi connectivity index (χ3n) is 6.05. The Hall–Kier alpha value is -4.62. The van der Waals surface area contributed by atoms with Crippen molar-refractivity contribution in [3.8, 4) is 11.9 Å². The minimum Gasteiger partial charge on any atom is -0.475 e. The number of nitriles is 1. The third-order valence-corrected chi connectivity index (χ3v) is 6.05. The highest BCUT2D eigenvalue weighted by atomic mass is 16.5. The maximum Gasteiger partial charge on any atom is 0.244 e. The van der Waals surface area contributed by atoms with Crippen LogP contribution in [0.25, 0.3) is 10.8 Å². The van der Waals surface area contributed by atoms with Crippen LogP contribution in [0.5, 0.6) is 5.88 Å². The minimum absolute atomic E-state index is 0.104. The van der Waals surface area contributed by atoms with E-state index in [-0.39, 0.29) is 18.9 Å². The van der Waals surface area contributed by atoms with E-state index in [1.807, 2.05) is 44.2 Å². The number of pyridine rings is 1. The van der Waals surface area contributed by atoms with Gasteiger partial charge >= 0.3 is 0 Å². The van der Waals surface area contributed by atoms with E-state index in [4.69, 9.17) is 10.5 Å². The number of carbonyl (C=O) groups is 1. The number of aromatic nitrogens is 5. The van der Waals surface area contributed by atoms with Crippen LogP contribution in [-0.4, -0.2) is 43.2 Å². The molecule has 10 heteroatoms. The van der Waals surface area contributed by atoms with Crippen LogP contribution in [0.15, 0.2) is 79.0 Å². The average molecular weight is 525 g/mol.